The lowest BCUT2D eigenvalue weighted by atomic mass is 10.1. The number of hydrogen-bond acceptors (Lipinski definition) is 8. The molecule has 1 amide bonds. The van der Waals surface area contributed by atoms with Gasteiger partial charge < -0.3 is 19.4 Å². The molecule has 1 N–H and O–H groups in total. The number of ether oxygens (including phenoxy) is 2. The van der Waals surface area contributed by atoms with Crippen molar-refractivity contribution in [3.8, 4) is 22.9 Å². The molecule has 1 aliphatic carbocycles. The largest absolute Gasteiger partial charge is 0.490 e. The lowest BCUT2D eigenvalue weighted by Gasteiger charge is -2.35. The van der Waals surface area contributed by atoms with E-state index in [0.717, 1.165) is 33.7 Å². The van der Waals surface area contributed by atoms with E-state index >= 15 is 0 Å². The van der Waals surface area contributed by atoms with Gasteiger partial charge in [0.05, 0.1) is 24.8 Å². The number of alkyl halides is 3. The predicted octanol–water partition coefficient (Wildman–Crippen LogP) is 4.40. The number of methoxy groups -OCH3 is 1. The number of rotatable bonds is 10. The summed E-state index contributed by atoms with van der Waals surface area (Å²) in [5.74, 6) is 1.41. The summed E-state index contributed by atoms with van der Waals surface area (Å²) in [6, 6.07) is 9.78. The summed E-state index contributed by atoms with van der Waals surface area (Å²) in [6.07, 6.45) is 0.185. The fraction of sp³-hybridized carbons (Fsp3) is 0.433. The summed E-state index contributed by atoms with van der Waals surface area (Å²) >= 11 is 0. The third-order valence-electron chi connectivity index (χ3n) is 7.64. The number of nitrogens with zero attached hydrogens (tertiary/aromatic N) is 6. The molecule has 4 heterocycles. The number of amides is 1. The van der Waals surface area contributed by atoms with Crippen LogP contribution < -0.4 is 9.47 Å². The number of fused-ring (bicyclic) bond motifs is 1. The molecule has 1 aliphatic heterocycles. The number of aromatic nitrogens is 5. The molecule has 3 aromatic heterocycles. The number of carbonyl (C=O) groups is 1. The Hall–Kier alpha value is -4.26. The van der Waals surface area contributed by atoms with E-state index in [0.29, 0.717) is 55.9 Å². The lowest BCUT2D eigenvalue weighted by molar-refractivity contribution is -0.162. The van der Waals surface area contributed by atoms with E-state index < -0.39 is 18.5 Å². The summed E-state index contributed by atoms with van der Waals surface area (Å²) in [6.45, 7) is 2.82. The maximum Gasteiger partial charge on any atom is 0.397 e. The normalized spacial score (nSPS) is 16.0. The van der Waals surface area contributed by atoms with Crippen LogP contribution in [-0.2, 0) is 17.8 Å². The number of hydrogen-bond donors (Lipinski definition) is 1. The average Bonchev–Trinajstić information content (AvgIpc) is 3.73. The number of halogens is 3. The second kappa shape index (κ2) is 12.2. The van der Waals surface area contributed by atoms with E-state index in [-0.39, 0.29) is 13.1 Å². The van der Waals surface area contributed by atoms with Crippen LogP contribution in [0.25, 0.3) is 22.3 Å². The van der Waals surface area contributed by atoms with Gasteiger partial charge in [-0.3, -0.25) is 14.7 Å². The molecule has 1 saturated heterocycles. The first-order valence-electron chi connectivity index (χ1n) is 14.3. The summed E-state index contributed by atoms with van der Waals surface area (Å²) < 4.78 is 49.2. The fourth-order valence-electron chi connectivity index (χ4n) is 5.22. The third kappa shape index (κ3) is 7.22. The van der Waals surface area contributed by atoms with Crippen molar-refractivity contribution < 1.29 is 27.4 Å². The van der Waals surface area contributed by atoms with Crippen LogP contribution in [0.2, 0.25) is 0 Å². The molecule has 0 unspecified atom stereocenters. The standard InChI is InChI=1S/C30H32F3N7O3/c1-42-28-27(35-18-36-29(28)43-17-19-2-3-19)21-4-5-23-24(13-21)38-25(37-23)14-22-12-20(6-7-34-22)16-39-8-10-40(11-9-39)26(41)15-30(31,32)33/h4-7,12-13,18-19H,2-3,8-11,14-17H2,1H3,(H,37,38). The number of carbonyl (C=O) groups excluding carboxylic acids is 1. The lowest BCUT2D eigenvalue weighted by Crippen LogP contribution is -2.49. The molecule has 4 aromatic rings. The number of piperazine rings is 1. The number of H-pyrrole nitrogens is 1. The van der Waals surface area contributed by atoms with Crippen molar-refractivity contribution in [1.29, 1.82) is 0 Å². The Balaban J connectivity index is 1.10. The summed E-state index contributed by atoms with van der Waals surface area (Å²) in [4.78, 5) is 36.7. The van der Waals surface area contributed by atoms with E-state index in [1.54, 1.807) is 13.3 Å². The second-order valence-electron chi connectivity index (χ2n) is 11.0. The zero-order chi connectivity index (χ0) is 30.0. The molecule has 1 aromatic carbocycles. The highest BCUT2D eigenvalue weighted by Crippen LogP contribution is 2.37. The highest BCUT2D eigenvalue weighted by molar-refractivity contribution is 5.83. The molecule has 0 atom stereocenters. The molecule has 13 heteroatoms. The van der Waals surface area contributed by atoms with Gasteiger partial charge in [-0.05, 0) is 48.6 Å². The minimum Gasteiger partial charge on any atom is -0.490 e. The molecule has 10 nitrogen and oxygen atoms in total. The van der Waals surface area contributed by atoms with Gasteiger partial charge in [0.1, 0.15) is 24.3 Å². The molecule has 1 saturated carbocycles. The Kier molecular flexibility index (Phi) is 8.15. The smallest absolute Gasteiger partial charge is 0.397 e. The maximum atomic E-state index is 12.6. The van der Waals surface area contributed by atoms with E-state index in [1.165, 1.54) is 24.1 Å². The number of aromatic amines is 1. The molecule has 0 bridgehead atoms. The van der Waals surface area contributed by atoms with Gasteiger partial charge in [-0.15, -0.1) is 0 Å². The molecule has 0 spiro atoms. The Morgan fingerprint density at radius 1 is 1.07 bits per heavy atom. The molecule has 226 valence electrons. The monoisotopic (exact) mass is 595 g/mol. The Labute approximate surface area is 246 Å². The SMILES string of the molecule is COc1c(OCC2CC2)ncnc1-c1ccc2nc(Cc3cc(CN4CCN(C(=O)CC(F)(F)F)CC4)ccn3)[nH]c2c1. The van der Waals surface area contributed by atoms with Crippen LogP contribution >= 0.6 is 0 Å². The summed E-state index contributed by atoms with van der Waals surface area (Å²) in [5, 5.41) is 0. The van der Waals surface area contributed by atoms with Crippen LogP contribution in [0.5, 0.6) is 11.6 Å². The van der Waals surface area contributed by atoms with Gasteiger partial charge in [0.2, 0.25) is 11.7 Å². The van der Waals surface area contributed by atoms with Gasteiger partial charge in [0.25, 0.3) is 5.88 Å². The molecule has 2 fully saturated rings. The van der Waals surface area contributed by atoms with Gasteiger partial charge in [-0.2, -0.15) is 18.2 Å². The van der Waals surface area contributed by atoms with Crippen LogP contribution in [0.15, 0.2) is 42.9 Å². The number of pyridine rings is 1. The summed E-state index contributed by atoms with van der Waals surface area (Å²) in [5.41, 5.74) is 5.02. The van der Waals surface area contributed by atoms with Crippen molar-refractivity contribution in [2.75, 3.05) is 39.9 Å². The molecule has 6 rings (SSSR count). The quantitative estimate of drug-likeness (QED) is 0.288. The Morgan fingerprint density at radius 2 is 1.88 bits per heavy atom. The van der Waals surface area contributed by atoms with Crippen molar-refractivity contribution in [2.45, 2.75) is 38.4 Å². The Bertz CT molecular complexity index is 1600. The zero-order valence-corrected chi connectivity index (χ0v) is 23.7. The summed E-state index contributed by atoms with van der Waals surface area (Å²) in [7, 11) is 1.58. The third-order valence-corrected chi connectivity index (χ3v) is 7.64. The van der Waals surface area contributed by atoms with E-state index in [2.05, 4.69) is 24.8 Å². The molecule has 2 aliphatic rings. The first kappa shape index (κ1) is 28.8. The molecular formula is C30H32F3N7O3. The van der Waals surface area contributed by atoms with Crippen LogP contribution in [-0.4, -0.2) is 86.7 Å². The van der Waals surface area contributed by atoms with E-state index in [4.69, 9.17) is 14.5 Å². The van der Waals surface area contributed by atoms with Gasteiger partial charge in [-0.1, -0.05) is 6.07 Å². The fourth-order valence-corrected chi connectivity index (χ4v) is 5.22. The van der Waals surface area contributed by atoms with Gasteiger partial charge in [0, 0.05) is 56.6 Å². The van der Waals surface area contributed by atoms with E-state index in [9.17, 15) is 18.0 Å². The average molecular weight is 596 g/mol. The Morgan fingerprint density at radius 3 is 2.63 bits per heavy atom. The van der Waals surface area contributed by atoms with Crippen molar-refractivity contribution in [1.82, 2.24) is 34.7 Å². The van der Waals surface area contributed by atoms with Gasteiger partial charge in [-0.25, -0.2) is 9.97 Å². The van der Waals surface area contributed by atoms with E-state index in [1.807, 2.05) is 30.3 Å². The number of benzene rings is 1. The van der Waals surface area contributed by atoms with Crippen LogP contribution in [0.3, 0.4) is 0 Å². The maximum absolute atomic E-state index is 12.6. The van der Waals surface area contributed by atoms with Crippen LogP contribution in [0, 0.1) is 5.92 Å². The van der Waals surface area contributed by atoms with Crippen molar-refractivity contribution in [2.24, 2.45) is 5.92 Å². The van der Waals surface area contributed by atoms with Crippen molar-refractivity contribution in [3.63, 3.8) is 0 Å². The first-order valence-corrected chi connectivity index (χ1v) is 14.3. The van der Waals surface area contributed by atoms with Gasteiger partial charge in [0.15, 0.2) is 0 Å². The highest BCUT2D eigenvalue weighted by Gasteiger charge is 2.34. The molecular weight excluding hydrogens is 563 g/mol. The first-order chi connectivity index (χ1) is 20.7. The van der Waals surface area contributed by atoms with Gasteiger partial charge >= 0.3 is 6.18 Å². The predicted molar refractivity (Wildman–Crippen MR) is 151 cm³/mol. The minimum absolute atomic E-state index is 0.281. The molecule has 43 heavy (non-hydrogen) atoms. The minimum atomic E-state index is -4.48. The highest BCUT2D eigenvalue weighted by atomic mass is 19.4. The molecule has 0 radical (unpaired) electrons. The zero-order valence-electron chi connectivity index (χ0n) is 23.7. The van der Waals surface area contributed by atoms with Crippen molar-refractivity contribution >= 4 is 16.9 Å². The topological polar surface area (TPSA) is 109 Å². The van der Waals surface area contributed by atoms with Crippen LogP contribution in [0.4, 0.5) is 13.2 Å². The number of nitrogens with one attached hydrogen (secondary N) is 1. The second-order valence-corrected chi connectivity index (χ2v) is 11.0. The number of imidazole rings is 1. The van der Waals surface area contributed by atoms with Crippen molar-refractivity contribution in [3.05, 3.63) is 59.9 Å². The van der Waals surface area contributed by atoms with Crippen LogP contribution in [0.1, 0.15) is 36.3 Å².